The Labute approximate surface area is 161 Å². The van der Waals surface area contributed by atoms with E-state index in [1.807, 2.05) is 68.1 Å². The summed E-state index contributed by atoms with van der Waals surface area (Å²) in [7, 11) is 0. The second-order valence-corrected chi connectivity index (χ2v) is 7.46. The summed E-state index contributed by atoms with van der Waals surface area (Å²) in [5, 5.41) is 0. The summed E-state index contributed by atoms with van der Waals surface area (Å²) >= 11 is 0. The van der Waals surface area contributed by atoms with Gasteiger partial charge in [-0.3, -0.25) is 4.79 Å². The highest BCUT2D eigenvalue weighted by Gasteiger charge is 2.33. The van der Waals surface area contributed by atoms with Gasteiger partial charge in [-0.25, -0.2) is 4.39 Å². The third-order valence-corrected chi connectivity index (χ3v) is 5.20. The van der Waals surface area contributed by atoms with Crippen LogP contribution in [-0.4, -0.2) is 36.0 Å². The smallest absolute Gasteiger partial charge is 0.227 e. The van der Waals surface area contributed by atoms with E-state index in [1.54, 1.807) is 6.07 Å². The topological polar surface area (TPSA) is 23.6 Å². The molecule has 2 aromatic rings. The molecule has 1 aliphatic heterocycles. The lowest BCUT2D eigenvalue weighted by Crippen LogP contribution is -2.59. The predicted molar refractivity (Wildman–Crippen MR) is 108 cm³/mol. The Bertz CT molecular complexity index is 765. The highest BCUT2D eigenvalue weighted by Crippen LogP contribution is 2.27. The van der Waals surface area contributed by atoms with E-state index in [0.717, 1.165) is 17.5 Å². The van der Waals surface area contributed by atoms with Crippen molar-refractivity contribution in [3.63, 3.8) is 0 Å². The third kappa shape index (κ3) is 4.49. The first kappa shape index (κ1) is 19.4. The summed E-state index contributed by atoms with van der Waals surface area (Å²) < 4.78 is 14.5. The number of carbonyl (C=O) groups excluding carboxylic acids is 1. The summed E-state index contributed by atoms with van der Waals surface area (Å²) in [5.74, 6) is -0.0611. The fourth-order valence-electron chi connectivity index (χ4n) is 4.04. The molecule has 2 aromatic carbocycles. The van der Waals surface area contributed by atoms with Crippen LogP contribution in [0.5, 0.6) is 0 Å². The van der Waals surface area contributed by atoms with Crippen LogP contribution in [-0.2, 0) is 17.6 Å². The van der Waals surface area contributed by atoms with Gasteiger partial charge >= 0.3 is 0 Å². The van der Waals surface area contributed by atoms with Gasteiger partial charge in [-0.2, -0.15) is 0 Å². The first-order chi connectivity index (χ1) is 13.0. The van der Waals surface area contributed by atoms with Crippen molar-refractivity contribution in [3.8, 4) is 0 Å². The van der Waals surface area contributed by atoms with Crippen LogP contribution in [0.2, 0.25) is 0 Å². The molecule has 3 nitrogen and oxygen atoms in total. The van der Waals surface area contributed by atoms with Gasteiger partial charge in [-0.05, 0) is 49.9 Å². The molecule has 0 aliphatic carbocycles. The van der Waals surface area contributed by atoms with Crippen molar-refractivity contribution < 1.29 is 9.18 Å². The van der Waals surface area contributed by atoms with Gasteiger partial charge in [-0.1, -0.05) is 43.3 Å². The van der Waals surface area contributed by atoms with Crippen molar-refractivity contribution in [1.82, 2.24) is 4.90 Å². The number of rotatable bonds is 5. The number of hydrogen-bond acceptors (Lipinski definition) is 2. The Morgan fingerprint density at radius 3 is 2.37 bits per heavy atom. The fourth-order valence-corrected chi connectivity index (χ4v) is 4.04. The molecule has 2 atom stereocenters. The molecule has 1 fully saturated rings. The zero-order chi connectivity index (χ0) is 19.4. The largest absolute Gasteiger partial charge is 0.365 e. The number of hydrogen-bond donors (Lipinski definition) is 0. The van der Waals surface area contributed by atoms with Gasteiger partial charge in [0.05, 0.1) is 12.1 Å². The lowest BCUT2D eigenvalue weighted by molar-refractivity contribution is -0.135. The van der Waals surface area contributed by atoms with E-state index in [1.165, 1.54) is 0 Å². The number of anilines is 1. The minimum absolute atomic E-state index is 0.0331. The van der Waals surface area contributed by atoms with Gasteiger partial charge in [0.15, 0.2) is 0 Å². The second kappa shape index (κ2) is 8.55. The molecule has 1 saturated heterocycles. The quantitative estimate of drug-likeness (QED) is 0.788. The number of nitrogens with zero attached hydrogens (tertiary/aromatic N) is 2. The minimum Gasteiger partial charge on any atom is -0.365 e. The van der Waals surface area contributed by atoms with Crippen molar-refractivity contribution >= 4 is 11.6 Å². The fraction of sp³-hybridized carbons (Fsp3) is 0.391. The molecule has 0 aromatic heterocycles. The lowest BCUT2D eigenvalue weighted by Gasteiger charge is -2.45. The molecule has 0 saturated carbocycles. The Hall–Kier alpha value is -2.36. The summed E-state index contributed by atoms with van der Waals surface area (Å²) in [4.78, 5) is 16.9. The number of carbonyl (C=O) groups is 1. The maximum atomic E-state index is 14.5. The molecule has 0 spiro atoms. The molecule has 27 heavy (non-hydrogen) atoms. The standard InChI is InChI=1S/C23H28FN2O/c1-4-8-19-11-12-21(24)22(13-19)25-15-17(2)26(18(3)16-25)23(27)14-20-9-6-5-7-10-20/h4-7,9-13,17-18H,8,14-16H2,1-3H3. The number of piperazine rings is 1. The normalized spacial score (nSPS) is 20.0. The Kier molecular flexibility index (Phi) is 6.15. The molecule has 3 rings (SSSR count). The van der Waals surface area contributed by atoms with Crippen LogP contribution in [0.15, 0.2) is 48.5 Å². The number of halogens is 1. The summed E-state index contributed by atoms with van der Waals surface area (Å²) in [5.41, 5.74) is 2.78. The lowest BCUT2D eigenvalue weighted by atomic mass is 10.0. The SMILES string of the molecule is C[CH]Cc1ccc(F)c(N2CC(C)N(C(=O)Cc3ccccc3)C(C)C2)c1. The molecule has 1 aliphatic rings. The maximum absolute atomic E-state index is 14.5. The number of amides is 1. The highest BCUT2D eigenvalue weighted by atomic mass is 19.1. The second-order valence-electron chi connectivity index (χ2n) is 7.46. The van der Waals surface area contributed by atoms with E-state index >= 15 is 0 Å². The van der Waals surface area contributed by atoms with Gasteiger partial charge in [-0.15, -0.1) is 0 Å². The average Bonchev–Trinajstić information content (AvgIpc) is 2.63. The van der Waals surface area contributed by atoms with Crippen molar-refractivity contribution in [2.75, 3.05) is 18.0 Å². The van der Waals surface area contributed by atoms with Crippen LogP contribution in [0.25, 0.3) is 0 Å². The average molecular weight is 367 g/mol. The Morgan fingerprint density at radius 2 is 1.74 bits per heavy atom. The van der Waals surface area contributed by atoms with Crippen LogP contribution >= 0.6 is 0 Å². The van der Waals surface area contributed by atoms with Crippen LogP contribution < -0.4 is 4.90 Å². The van der Waals surface area contributed by atoms with Crippen LogP contribution in [0.3, 0.4) is 0 Å². The Balaban J connectivity index is 1.73. The summed E-state index contributed by atoms with van der Waals surface area (Å²) in [6.07, 6.45) is 3.31. The molecule has 143 valence electrons. The zero-order valence-electron chi connectivity index (χ0n) is 16.4. The van der Waals surface area contributed by atoms with E-state index in [2.05, 4.69) is 11.3 Å². The molecular weight excluding hydrogens is 339 g/mol. The van der Waals surface area contributed by atoms with Gasteiger partial charge in [0, 0.05) is 25.2 Å². The molecule has 0 N–H and O–H groups in total. The number of benzene rings is 2. The van der Waals surface area contributed by atoms with E-state index in [-0.39, 0.29) is 23.8 Å². The van der Waals surface area contributed by atoms with E-state index in [0.29, 0.717) is 25.2 Å². The van der Waals surface area contributed by atoms with Crippen LogP contribution in [0.4, 0.5) is 10.1 Å². The molecular formula is C23H28FN2O. The Morgan fingerprint density at radius 1 is 1.07 bits per heavy atom. The van der Waals surface area contributed by atoms with E-state index in [4.69, 9.17) is 0 Å². The van der Waals surface area contributed by atoms with Crippen LogP contribution in [0, 0.1) is 12.2 Å². The molecule has 2 unspecified atom stereocenters. The van der Waals surface area contributed by atoms with Crippen molar-refractivity contribution in [3.05, 3.63) is 71.9 Å². The van der Waals surface area contributed by atoms with Gasteiger partial charge in [0.1, 0.15) is 5.82 Å². The molecule has 1 amide bonds. The predicted octanol–water partition coefficient (Wildman–Crippen LogP) is 4.26. The molecule has 0 bridgehead atoms. The molecule has 1 radical (unpaired) electrons. The van der Waals surface area contributed by atoms with E-state index < -0.39 is 0 Å². The molecule has 4 heteroatoms. The first-order valence-electron chi connectivity index (χ1n) is 9.66. The molecule has 1 heterocycles. The van der Waals surface area contributed by atoms with Gasteiger partial charge in [0.25, 0.3) is 0 Å². The van der Waals surface area contributed by atoms with Gasteiger partial charge < -0.3 is 9.80 Å². The van der Waals surface area contributed by atoms with Crippen molar-refractivity contribution in [1.29, 1.82) is 0 Å². The van der Waals surface area contributed by atoms with Crippen LogP contribution in [0.1, 0.15) is 31.9 Å². The first-order valence-corrected chi connectivity index (χ1v) is 9.66. The highest BCUT2D eigenvalue weighted by molar-refractivity contribution is 5.79. The monoisotopic (exact) mass is 367 g/mol. The maximum Gasteiger partial charge on any atom is 0.227 e. The third-order valence-electron chi connectivity index (χ3n) is 5.20. The zero-order valence-corrected chi connectivity index (χ0v) is 16.4. The summed E-state index contributed by atoms with van der Waals surface area (Å²) in [6, 6.07) is 15.2. The minimum atomic E-state index is -0.196. The summed E-state index contributed by atoms with van der Waals surface area (Å²) in [6.45, 7) is 7.38. The van der Waals surface area contributed by atoms with Crippen molar-refractivity contribution in [2.45, 2.75) is 45.7 Å². The van der Waals surface area contributed by atoms with Crippen molar-refractivity contribution in [2.24, 2.45) is 0 Å². The van der Waals surface area contributed by atoms with Gasteiger partial charge in [0.2, 0.25) is 5.91 Å². The van der Waals surface area contributed by atoms with E-state index in [9.17, 15) is 9.18 Å².